The van der Waals surface area contributed by atoms with Crippen LogP contribution in [0.5, 0.6) is 5.75 Å². The van der Waals surface area contributed by atoms with Crippen LogP contribution in [-0.4, -0.2) is 5.11 Å². The van der Waals surface area contributed by atoms with Crippen molar-refractivity contribution in [2.75, 3.05) is 5.73 Å². The van der Waals surface area contributed by atoms with E-state index in [0.717, 1.165) is 16.7 Å². The van der Waals surface area contributed by atoms with Gasteiger partial charge >= 0.3 is 0 Å². The van der Waals surface area contributed by atoms with Gasteiger partial charge in [0.05, 0.1) is 0 Å². The maximum atomic E-state index is 9.42. The molecule has 0 aliphatic carbocycles. The maximum Gasteiger partial charge on any atom is 0.190 e. The molecule has 0 radical (unpaired) electrons. The Balaban J connectivity index is 0.000000163. The molecule has 0 aliphatic rings. The number of hydrogen-bond donors (Lipinski definition) is 2. The number of furan rings is 1. The molecule has 0 unspecified atom stereocenters. The number of anilines is 1. The molecule has 0 saturated carbocycles. The van der Waals surface area contributed by atoms with Crippen molar-refractivity contribution < 1.29 is 9.52 Å². The van der Waals surface area contributed by atoms with E-state index >= 15 is 0 Å². The first-order chi connectivity index (χ1) is 9.08. The lowest BCUT2D eigenvalue weighted by molar-refractivity contribution is 0.472. The van der Waals surface area contributed by atoms with E-state index in [4.69, 9.17) is 10.2 Å². The van der Waals surface area contributed by atoms with Gasteiger partial charge in [-0.1, -0.05) is 30.3 Å². The highest BCUT2D eigenvalue weighted by atomic mass is 16.3. The highest BCUT2D eigenvalue weighted by molar-refractivity contribution is 5.87. The Hall–Kier alpha value is -2.42. The number of fused-ring (bicyclic) bond motifs is 1. The quantitative estimate of drug-likeness (QED) is 0.637. The monoisotopic (exact) mass is 255 g/mol. The number of aryl methyl sites for hydroxylation is 2. The number of benzene rings is 2. The van der Waals surface area contributed by atoms with E-state index in [9.17, 15) is 5.11 Å². The lowest BCUT2D eigenvalue weighted by Crippen LogP contribution is -1.78. The van der Waals surface area contributed by atoms with Crippen LogP contribution in [0.3, 0.4) is 0 Å². The van der Waals surface area contributed by atoms with Crippen molar-refractivity contribution in [2.24, 2.45) is 0 Å². The van der Waals surface area contributed by atoms with Gasteiger partial charge in [0, 0.05) is 6.07 Å². The predicted octanol–water partition coefficient (Wildman–Crippen LogP) is 4.02. The number of hydrogen-bond acceptors (Lipinski definition) is 3. The first-order valence-corrected chi connectivity index (χ1v) is 6.07. The summed E-state index contributed by atoms with van der Waals surface area (Å²) in [7, 11) is 0. The Kier molecular flexibility index (Phi) is 3.76. The fourth-order valence-corrected chi connectivity index (χ4v) is 1.87. The van der Waals surface area contributed by atoms with Crippen LogP contribution in [0.1, 0.15) is 11.3 Å². The lowest BCUT2D eigenvalue weighted by atomic mass is 10.1. The zero-order valence-corrected chi connectivity index (χ0v) is 11.1. The van der Waals surface area contributed by atoms with Gasteiger partial charge in [-0.15, -0.1) is 0 Å². The van der Waals surface area contributed by atoms with Crippen molar-refractivity contribution in [3.8, 4) is 5.75 Å². The summed E-state index contributed by atoms with van der Waals surface area (Å²) in [5.74, 6) is 1.71. The third kappa shape index (κ3) is 3.07. The van der Waals surface area contributed by atoms with Crippen molar-refractivity contribution in [1.82, 2.24) is 0 Å². The molecule has 19 heavy (non-hydrogen) atoms. The Morgan fingerprint density at radius 1 is 0.947 bits per heavy atom. The Morgan fingerprint density at radius 3 is 2.26 bits per heavy atom. The standard InChI is InChI=1S/C11H10O.C5H7NO/c1-8-10-5-3-2-4-9(10)6-7-11(8)12;1-4-2-3-5(6)7-4/h2-7,12H,1H3;2-3H,6H2,1H3. The van der Waals surface area contributed by atoms with Crippen LogP contribution in [0.2, 0.25) is 0 Å². The van der Waals surface area contributed by atoms with E-state index < -0.39 is 0 Å². The highest BCUT2D eigenvalue weighted by Crippen LogP contribution is 2.25. The van der Waals surface area contributed by atoms with E-state index in [0.29, 0.717) is 11.6 Å². The van der Waals surface area contributed by atoms with Gasteiger partial charge in [-0.3, -0.25) is 0 Å². The summed E-state index contributed by atoms with van der Waals surface area (Å²) in [6, 6.07) is 15.3. The summed E-state index contributed by atoms with van der Waals surface area (Å²) in [4.78, 5) is 0. The number of phenols is 1. The summed E-state index contributed by atoms with van der Waals surface area (Å²) in [6.07, 6.45) is 0. The molecule has 2 aromatic carbocycles. The van der Waals surface area contributed by atoms with E-state index in [2.05, 4.69) is 0 Å². The minimum absolute atomic E-state index is 0.369. The average Bonchev–Trinajstić information content (AvgIpc) is 2.79. The molecule has 0 bridgehead atoms. The first-order valence-electron chi connectivity index (χ1n) is 6.07. The van der Waals surface area contributed by atoms with Crippen LogP contribution in [0, 0.1) is 13.8 Å². The van der Waals surface area contributed by atoms with Gasteiger partial charge < -0.3 is 15.3 Å². The van der Waals surface area contributed by atoms with Gasteiger partial charge in [-0.2, -0.15) is 0 Å². The third-order valence-electron chi connectivity index (χ3n) is 2.93. The van der Waals surface area contributed by atoms with Crippen LogP contribution >= 0.6 is 0 Å². The number of rotatable bonds is 0. The van der Waals surface area contributed by atoms with Crippen molar-refractivity contribution >= 4 is 16.7 Å². The van der Waals surface area contributed by atoms with Crippen LogP contribution < -0.4 is 5.73 Å². The Bertz CT molecular complexity index is 670. The van der Waals surface area contributed by atoms with Crippen molar-refractivity contribution in [3.05, 3.63) is 59.9 Å². The van der Waals surface area contributed by atoms with E-state index in [-0.39, 0.29) is 0 Å². The smallest absolute Gasteiger partial charge is 0.190 e. The normalized spacial score (nSPS) is 10.0. The Morgan fingerprint density at radius 2 is 1.68 bits per heavy atom. The number of aromatic hydroxyl groups is 1. The lowest BCUT2D eigenvalue weighted by Gasteiger charge is -2.02. The summed E-state index contributed by atoms with van der Waals surface area (Å²) < 4.78 is 4.86. The summed E-state index contributed by atoms with van der Waals surface area (Å²) in [5, 5.41) is 11.7. The van der Waals surface area contributed by atoms with Crippen LogP contribution in [-0.2, 0) is 0 Å². The second-order valence-corrected chi connectivity index (χ2v) is 4.38. The van der Waals surface area contributed by atoms with Crippen molar-refractivity contribution in [3.63, 3.8) is 0 Å². The molecule has 0 fully saturated rings. The van der Waals surface area contributed by atoms with Crippen molar-refractivity contribution in [2.45, 2.75) is 13.8 Å². The summed E-state index contributed by atoms with van der Waals surface area (Å²) in [6.45, 7) is 3.79. The number of nitrogens with two attached hydrogens (primary N) is 1. The van der Waals surface area contributed by atoms with Crippen molar-refractivity contribution in [1.29, 1.82) is 0 Å². The van der Waals surface area contributed by atoms with Crippen LogP contribution in [0.25, 0.3) is 10.8 Å². The molecule has 0 amide bonds. The van der Waals surface area contributed by atoms with Gasteiger partial charge in [0.1, 0.15) is 11.5 Å². The van der Waals surface area contributed by atoms with E-state index in [1.807, 2.05) is 50.2 Å². The molecule has 3 nitrogen and oxygen atoms in total. The number of phenolic OH excluding ortho intramolecular Hbond substituents is 1. The second-order valence-electron chi connectivity index (χ2n) is 4.38. The van der Waals surface area contributed by atoms with Gasteiger partial charge in [-0.25, -0.2) is 0 Å². The SMILES string of the molecule is Cc1c(O)ccc2ccccc12.Cc1ccc(N)o1. The molecule has 3 rings (SSSR count). The van der Waals surface area contributed by atoms with Crippen LogP contribution in [0.15, 0.2) is 52.9 Å². The van der Waals surface area contributed by atoms with E-state index in [1.165, 1.54) is 5.39 Å². The maximum absolute atomic E-state index is 9.42. The molecule has 0 atom stereocenters. The van der Waals surface area contributed by atoms with E-state index in [1.54, 1.807) is 12.1 Å². The molecule has 1 aromatic heterocycles. The minimum atomic E-state index is 0.369. The molecule has 98 valence electrons. The first kappa shape index (κ1) is 13.0. The average molecular weight is 255 g/mol. The second kappa shape index (κ2) is 5.48. The van der Waals surface area contributed by atoms with Crippen LogP contribution in [0.4, 0.5) is 5.88 Å². The van der Waals surface area contributed by atoms with Gasteiger partial charge in [0.15, 0.2) is 5.88 Å². The molecular formula is C16H17NO2. The topological polar surface area (TPSA) is 59.4 Å². The summed E-state index contributed by atoms with van der Waals surface area (Å²) >= 11 is 0. The molecule has 0 aliphatic heterocycles. The molecule has 1 heterocycles. The molecule has 3 N–H and O–H groups in total. The molecule has 3 aromatic rings. The Labute approximate surface area is 112 Å². The molecule has 0 saturated heterocycles. The third-order valence-corrected chi connectivity index (χ3v) is 2.93. The predicted molar refractivity (Wildman–Crippen MR) is 78.2 cm³/mol. The zero-order chi connectivity index (χ0) is 13.8. The molecular weight excluding hydrogens is 238 g/mol. The summed E-state index contributed by atoms with van der Waals surface area (Å²) in [5.41, 5.74) is 6.16. The molecule has 3 heteroatoms. The zero-order valence-electron chi connectivity index (χ0n) is 11.1. The molecule has 0 spiro atoms. The fourth-order valence-electron chi connectivity index (χ4n) is 1.87. The highest BCUT2D eigenvalue weighted by Gasteiger charge is 1.99. The number of nitrogen functional groups attached to an aromatic ring is 1. The fraction of sp³-hybridized carbons (Fsp3) is 0.125. The van der Waals surface area contributed by atoms with Gasteiger partial charge in [0.25, 0.3) is 0 Å². The van der Waals surface area contributed by atoms with Gasteiger partial charge in [-0.05, 0) is 42.3 Å². The van der Waals surface area contributed by atoms with Gasteiger partial charge in [0.2, 0.25) is 0 Å². The largest absolute Gasteiger partial charge is 0.508 e. The minimum Gasteiger partial charge on any atom is -0.508 e.